The van der Waals surface area contributed by atoms with Crippen LogP contribution in [0.2, 0.25) is 0 Å². The van der Waals surface area contributed by atoms with Gasteiger partial charge in [0.2, 0.25) is 0 Å². The van der Waals surface area contributed by atoms with Gasteiger partial charge in [-0.2, -0.15) is 0 Å². The lowest BCUT2D eigenvalue weighted by atomic mass is 9.93. The van der Waals surface area contributed by atoms with Crippen molar-refractivity contribution in [1.82, 2.24) is 5.32 Å². The van der Waals surface area contributed by atoms with Gasteiger partial charge in [0.1, 0.15) is 0 Å². The molecule has 0 radical (unpaired) electrons. The fraction of sp³-hybridized carbons (Fsp3) is 1.00. The summed E-state index contributed by atoms with van der Waals surface area (Å²) in [4.78, 5) is 0. The van der Waals surface area contributed by atoms with Gasteiger partial charge < -0.3 is 10.1 Å². The lowest BCUT2D eigenvalue weighted by molar-refractivity contribution is 0.0630. The van der Waals surface area contributed by atoms with E-state index in [1.165, 1.54) is 32.1 Å². The third-order valence-corrected chi connectivity index (χ3v) is 3.08. The van der Waals surface area contributed by atoms with E-state index in [1.54, 1.807) is 0 Å². The Morgan fingerprint density at radius 1 is 1.38 bits per heavy atom. The molecule has 1 atom stereocenters. The summed E-state index contributed by atoms with van der Waals surface area (Å²) in [6, 6.07) is 0.680. The van der Waals surface area contributed by atoms with Crippen molar-refractivity contribution in [1.29, 1.82) is 0 Å². The smallest absolute Gasteiger partial charge is 0.0468 e. The molecule has 0 spiro atoms. The van der Waals surface area contributed by atoms with Gasteiger partial charge in [-0.3, -0.25) is 0 Å². The molecule has 1 rings (SSSR count). The quantitative estimate of drug-likeness (QED) is 0.709. The second-order valence-electron chi connectivity index (χ2n) is 4.18. The Hall–Kier alpha value is -0.0800. The van der Waals surface area contributed by atoms with Crippen LogP contribution in [-0.2, 0) is 4.74 Å². The van der Waals surface area contributed by atoms with Gasteiger partial charge in [-0.05, 0) is 39.2 Å². The van der Waals surface area contributed by atoms with Gasteiger partial charge in [-0.25, -0.2) is 0 Å². The average Bonchev–Trinajstić information content (AvgIpc) is 2.19. The maximum atomic E-state index is 5.34. The zero-order valence-corrected chi connectivity index (χ0v) is 9.01. The highest BCUT2D eigenvalue weighted by Gasteiger charge is 2.13. The minimum Gasteiger partial charge on any atom is -0.381 e. The molecule has 2 heteroatoms. The highest BCUT2D eigenvalue weighted by atomic mass is 16.5. The van der Waals surface area contributed by atoms with Gasteiger partial charge in [0.05, 0.1) is 0 Å². The van der Waals surface area contributed by atoms with Crippen molar-refractivity contribution in [2.45, 2.75) is 45.1 Å². The Balaban J connectivity index is 1.98. The van der Waals surface area contributed by atoms with E-state index in [2.05, 4.69) is 12.2 Å². The van der Waals surface area contributed by atoms with E-state index in [9.17, 15) is 0 Å². The normalized spacial score (nSPS) is 21.7. The summed E-state index contributed by atoms with van der Waals surface area (Å²) in [7, 11) is 2.04. The monoisotopic (exact) mass is 185 g/mol. The summed E-state index contributed by atoms with van der Waals surface area (Å²) in [6.45, 7) is 4.24. The number of rotatable bonds is 5. The van der Waals surface area contributed by atoms with E-state index < -0.39 is 0 Å². The summed E-state index contributed by atoms with van der Waals surface area (Å²) in [5.41, 5.74) is 0. The van der Waals surface area contributed by atoms with Crippen molar-refractivity contribution < 1.29 is 4.74 Å². The van der Waals surface area contributed by atoms with Crippen LogP contribution in [0.15, 0.2) is 0 Å². The molecule has 0 aromatic carbocycles. The first-order valence-electron chi connectivity index (χ1n) is 5.58. The lowest BCUT2D eigenvalue weighted by Crippen LogP contribution is -2.21. The van der Waals surface area contributed by atoms with E-state index in [-0.39, 0.29) is 0 Å². The van der Waals surface area contributed by atoms with Crippen molar-refractivity contribution >= 4 is 0 Å². The van der Waals surface area contributed by atoms with Crippen molar-refractivity contribution in [2.75, 3.05) is 20.3 Å². The van der Waals surface area contributed by atoms with E-state index in [0.29, 0.717) is 6.04 Å². The van der Waals surface area contributed by atoms with E-state index in [4.69, 9.17) is 4.74 Å². The Labute approximate surface area is 82.0 Å². The SMILES string of the molecule is CNC(C)CCCC1CCOCC1. The van der Waals surface area contributed by atoms with E-state index in [1.807, 2.05) is 7.05 Å². The maximum Gasteiger partial charge on any atom is 0.0468 e. The second kappa shape index (κ2) is 6.39. The zero-order valence-electron chi connectivity index (χ0n) is 9.01. The first-order chi connectivity index (χ1) is 6.33. The van der Waals surface area contributed by atoms with E-state index >= 15 is 0 Å². The molecule has 1 N–H and O–H groups in total. The second-order valence-corrected chi connectivity index (χ2v) is 4.18. The molecule has 0 bridgehead atoms. The zero-order chi connectivity index (χ0) is 9.52. The molecule has 1 saturated heterocycles. The minimum absolute atomic E-state index is 0.680. The molecule has 1 fully saturated rings. The molecule has 0 amide bonds. The van der Waals surface area contributed by atoms with Crippen LogP contribution in [0.3, 0.4) is 0 Å². The average molecular weight is 185 g/mol. The summed E-state index contributed by atoms with van der Waals surface area (Å²) in [5.74, 6) is 0.942. The summed E-state index contributed by atoms with van der Waals surface area (Å²) >= 11 is 0. The number of hydrogen-bond acceptors (Lipinski definition) is 2. The summed E-state index contributed by atoms with van der Waals surface area (Å²) < 4.78 is 5.34. The fourth-order valence-corrected chi connectivity index (χ4v) is 1.89. The molecule has 1 heterocycles. The highest BCUT2D eigenvalue weighted by Crippen LogP contribution is 2.20. The maximum absolute atomic E-state index is 5.34. The number of ether oxygens (including phenoxy) is 1. The van der Waals surface area contributed by atoms with Gasteiger partial charge in [-0.1, -0.05) is 12.8 Å². The Bertz CT molecular complexity index is 121. The molecule has 2 nitrogen and oxygen atoms in total. The molecule has 1 aliphatic heterocycles. The van der Waals surface area contributed by atoms with Crippen LogP contribution in [0.4, 0.5) is 0 Å². The van der Waals surface area contributed by atoms with E-state index in [0.717, 1.165) is 19.1 Å². The Kier molecular flexibility index (Phi) is 5.40. The van der Waals surface area contributed by atoms with Crippen LogP contribution in [0.1, 0.15) is 39.0 Å². The van der Waals surface area contributed by atoms with Gasteiger partial charge >= 0.3 is 0 Å². The van der Waals surface area contributed by atoms with Crippen molar-refractivity contribution in [3.05, 3.63) is 0 Å². The molecule has 1 aliphatic rings. The van der Waals surface area contributed by atoms with Gasteiger partial charge in [0, 0.05) is 19.3 Å². The van der Waals surface area contributed by atoms with Crippen LogP contribution in [-0.4, -0.2) is 26.3 Å². The summed E-state index contributed by atoms with van der Waals surface area (Å²) in [5, 5.41) is 3.28. The highest BCUT2D eigenvalue weighted by molar-refractivity contribution is 4.65. The van der Waals surface area contributed by atoms with Crippen LogP contribution >= 0.6 is 0 Å². The standard InChI is InChI=1S/C11H23NO/c1-10(12-2)4-3-5-11-6-8-13-9-7-11/h10-12H,3-9H2,1-2H3. The molecule has 0 saturated carbocycles. The van der Waals surface area contributed by atoms with Crippen LogP contribution in [0, 0.1) is 5.92 Å². The van der Waals surface area contributed by atoms with Crippen molar-refractivity contribution in [2.24, 2.45) is 5.92 Å². The number of hydrogen-bond donors (Lipinski definition) is 1. The van der Waals surface area contributed by atoms with Crippen LogP contribution in [0.5, 0.6) is 0 Å². The van der Waals surface area contributed by atoms with Gasteiger partial charge in [0.25, 0.3) is 0 Å². The van der Waals surface area contributed by atoms with Crippen LogP contribution in [0.25, 0.3) is 0 Å². The third kappa shape index (κ3) is 4.63. The molecular formula is C11H23NO. The van der Waals surface area contributed by atoms with Crippen LogP contribution < -0.4 is 5.32 Å². The molecule has 78 valence electrons. The minimum atomic E-state index is 0.680. The molecule has 13 heavy (non-hydrogen) atoms. The van der Waals surface area contributed by atoms with Gasteiger partial charge in [0.15, 0.2) is 0 Å². The topological polar surface area (TPSA) is 21.3 Å². The fourth-order valence-electron chi connectivity index (χ4n) is 1.89. The first kappa shape index (κ1) is 11.0. The first-order valence-corrected chi connectivity index (χ1v) is 5.58. The lowest BCUT2D eigenvalue weighted by Gasteiger charge is -2.22. The molecule has 0 aromatic heterocycles. The predicted molar refractivity (Wildman–Crippen MR) is 55.9 cm³/mol. The molecule has 0 aliphatic carbocycles. The summed E-state index contributed by atoms with van der Waals surface area (Å²) in [6.07, 6.45) is 6.65. The van der Waals surface area contributed by atoms with Crippen molar-refractivity contribution in [3.8, 4) is 0 Å². The molecule has 0 aromatic rings. The third-order valence-electron chi connectivity index (χ3n) is 3.08. The Morgan fingerprint density at radius 3 is 2.69 bits per heavy atom. The molecule has 1 unspecified atom stereocenters. The van der Waals surface area contributed by atoms with Gasteiger partial charge in [-0.15, -0.1) is 0 Å². The largest absolute Gasteiger partial charge is 0.381 e. The van der Waals surface area contributed by atoms with Crippen molar-refractivity contribution in [3.63, 3.8) is 0 Å². The number of nitrogens with one attached hydrogen (secondary N) is 1. The predicted octanol–water partition coefficient (Wildman–Crippen LogP) is 2.19. The molecular weight excluding hydrogens is 162 g/mol. The Morgan fingerprint density at radius 2 is 2.08 bits per heavy atom.